The Hall–Kier alpha value is -2.40. The molecule has 0 aromatic heterocycles. The Balaban J connectivity index is 1.80. The molecule has 0 saturated carbocycles. The molecule has 1 aliphatic rings. The first-order chi connectivity index (χ1) is 17.2. The lowest BCUT2D eigenvalue weighted by Crippen LogP contribution is -2.56. The topological polar surface area (TPSA) is 112 Å². The summed E-state index contributed by atoms with van der Waals surface area (Å²) >= 11 is 0. The number of hydrogen-bond acceptors (Lipinski definition) is 8. The number of nitrogens with zero attached hydrogens (tertiary/aromatic N) is 2. The zero-order valence-electron chi connectivity index (χ0n) is 20.6. The highest BCUT2D eigenvalue weighted by Crippen LogP contribution is 2.36. The van der Waals surface area contributed by atoms with Gasteiger partial charge < -0.3 is 9.64 Å². The molecule has 3 rings (SSSR count). The van der Waals surface area contributed by atoms with Gasteiger partial charge in [0.15, 0.2) is 0 Å². The van der Waals surface area contributed by atoms with Gasteiger partial charge in [-0.15, -0.1) is 4.52 Å². The summed E-state index contributed by atoms with van der Waals surface area (Å²) in [5, 5.41) is 0. The van der Waals surface area contributed by atoms with Crippen LogP contribution >= 0.6 is 8.18 Å². The van der Waals surface area contributed by atoms with E-state index in [-0.39, 0.29) is 44.2 Å². The molecule has 3 unspecified atom stereocenters. The molecule has 1 aliphatic heterocycles. The summed E-state index contributed by atoms with van der Waals surface area (Å²) < 4.78 is 55.2. The van der Waals surface area contributed by atoms with Gasteiger partial charge in [0.1, 0.15) is 25.4 Å². The molecule has 10 nitrogen and oxygen atoms in total. The number of carbonyl (C=O) groups excluding carboxylic acids is 1. The van der Waals surface area contributed by atoms with Gasteiger partial charge >= 0.3 is 14.3 Å². The predicted octanol–water partition coefficient (Wildman–Crippen LogP) is 4.43. The molecule has 1 fully saturated rings. The van der Waals surface area contributed by atoms with Crippen LogP contribution in [0.3, 0.4) is 0 Å². The van der Waals surface area contributed by atoms with Crippen LogP contribution in [0.1, 0.15) is 31.4 Å². The van der Waals surface area contributed by atoms with Crippen molar-refractivity contribution in [1.29, 1.82) is 0 Å². The van der Waals surface area contributed by atoms with E-state index in [1.54, 1.807) is 26.0 Å². The van der Waals surface area contributed by atoms with Crippen molar-refractivity contribution >= 4 is 24.4 Å². The lowest BCUT2D eigenvalue weighted by atomic mass is 10.0. The highest BCUT2D eigenvalue weighted by Gasteiger charge is 2.48. The van der Waals surface area contributed by atoms with Crippen LogP contribution in [-0.4, -0.2) is 62.7 Å². The number of hydroxylamine groups is 1. The summed E-state index contributed by atoms with van der Waals surface area (Å²) in [6.45, 7) is 5.79. The zero-order chi connectivity index (χ0) is 26.1. The number of aryl methyl sites for hydroxylation is 1. The van der Waals surface area contributed by atoms with Gasteiger partial charge in [-0.25, -0.2) is 4.79 Å². The molecule has 2 aromatic rings. The van der Waals surface area contributed by atoms with Gasteiger partial charge in [0, 0.05) is 13.1 Å². The minimum absolute atomic E-state index is 0.00806. The summed E-state index contributed by atoms with van der Waals surface area (Å²) in [6.07, 6.45) is -1.37. The van der Waals surface area contributed by atoms with Crippen LogP contribution in [0.2, 0.25) is 0 Å². The molecule has 1 saturated heterocycles. The number of likely N-dealkylation sites (tertiary alicyclic amines) is 1. The van der Waals surface area contributed by atoms with Crippen LogP contribution in [-0.2, 0) is 39.6 Å². The van der Waals surface area contributed by atoms with Crippen molar-refractivity contribution in [1.82, 2.24) is 9.73 Å². The minimum Gasteiger partial charge on any atom is -0.445 e. The molecule has 0 radical (unpaired) electrons. The third-order valence-electron chi connectivity index (χ3n) is 5.49. The molecule has 1 heterocycles. The zero-order valence-corrected chi connectivity index (χ0v) is 22.3. The highest BCUT2D eigenvalue weighted by molar-refractivity contribution is 7.86. The van der Waals surface area contributed by atoms with Gasteiger partial charge in [0.05, 0.1) is 16.3 Å². The number of ether oxygens (including phenoxy) is 1. The maximum absolute atomic E-state index is 13.0. The lowest BCUT2D eigenvalue weighted by Gasteiger charge is -2.37. The third-order valence-corrected chi connectivity index (χ3v) is 8.05. The summed E-state index contributed by atoms with van der Waals surface area (Å²) in [7, 11) is -6.61. The number of piperidine rings is 1. The first-order valence-electron chi connectivity index (χ1n) is 11.7. The van der Waals surface area contributed by atoms with E-state index in [4.69, 9.17) is 18.3 Å². The van der Waals surface area contributed by atoms with E-state index in [0.29, 0.717) is 0 Å². The smallest absolute Gasteiger partial charge is 0.445 e. The van der Waals surface area contributed by atoms with Gasteiger partial charge in [-0.05, 0) is 49.5 Å². The first kappa shape index (κ1) is 28.2. The fourth-order valence-electron chi connectivity index (χ4n) is 3.70. The van der Waals surface area contributed by atoms with E-state index >= 15 is 0 Å². The van der Waals surface area contributed by atoms with Crippen molar-refractivity contribution < 1.29 is 36.1 Å². The molecule has 12 heteroatoms. The molecule has 2 aromatic carbocycles. The lowest BCUT2D eigenvalue weighted by molar-refractivity contribution is -0.148. The van der Waals surface area contributed by atoms with Crippen molar-refractivity contribution in [2.24, 2.45) is 0 Å². The van der Waals surface area contributed by atoms with Crippen LogP contribution in [0.25, 0.3) is 0 Å². The summed E-state index contributed by atoms with van der Waals surface area (Å²) in [5.74, 6) is 0. The standard InChI is InChI=1S/C24H32N2O8PS/c1-4-32-26(35(28)33-5-2)22-17-25(24(27)31-18-20-9-7-6-8-10-20)16-15-23(22)34-36(29,30)21-13-11-19(3)12-14-21/h6-14,22-23H,4-5,15-18H2,1-3H3/q+1. The average Bonchev–Trinajstić information content (AvgIpc) is 2.87. The van der Waals surface area contributed by atoms with E-state index in [0.717, 1.165) is 16.0 Å². The number of carbonyl (C=O) groups is 1. The van der Waals surface area contributed by atoms with Crippen molar-refractivity contribution in [3.63, 3.8) is 0 Å². The normalized spacial score (nSPS) is 18.8. The molecule has 0 spiro atoms. The second-order valence-corrected chi connectivity index (χ2v) is 10.8. The maximum Gasteiger partial charge on any atom is 0.642 e. The largest absolute Gasteiger partial charge is 0.642 e. The van der Waals surface area contributed by atoms with Gasteiger partial charge in [0.25, 0.3) is 10.1 Å². The third kappa shape index (κ3) is 7.55. The van der Waals surface area contributed by atoms with Crippen molar-refractivity contribution in [2.45, 2.75) is 50.8 Å². The molecule has 3 atom stereocenters. The molecule has 36 heavy (non-hydrogen) atoms. The Morgan fingerprint density at radius 3 is 2.42 bits per heavy atom. The van der Waals surface area contributed by atoms with Crippen molar-refractivity contribution in [3.05, 3.63) is 65.7 Å². The van der Waals surface area contributed by atoms with Gasteiger partial charge in [-0.1, -0.05) is 48.0 Å². The van der Waals surface area contributed by atoms with E-state index in [9.17, 15) is 17.8 Å². The van der Waals surface area contributed by atoms with E-state index in [1.165, 1.54) is 17.0 Å². The highest BCUT2D eigenvalue weighted by atomic mass is 32.2. The van der Waals surface area contributed by atoms with E-state index in [1.807, 2.05) is 37.3 Å². The van der Waals surface area contributed by atoms with E-state index in [2.05, 4.69) is 0 Å². The minimum atomic E-state index is -4.13. The Morgan fingerprint density at radius 2 is 1.78 bits per heavy atom. The van der Waals surface area contributed by atoms with Gasteiger partial charge in [-0.2, -0.15) is 8.42 Å². The van der Waals surface area contributed by atoms with Crippen LogP contribution in [0.15, 0.2) is 59.5 Å². The second-order valence-electron chi connectivity index (χ2n) is 8.12. The monoisotopic (exact) mass is 539 g/mol. The van der Waals surface area contributed by atoms with Crippen LogP contribution < -0.4 is 0 Å². The molecule has 0 aliphatic carbocycles. The summed E-state index contributed by atoms with van der Waals surface area (Å²) in [4.78, 5) is 20.9. The Labute approximate surface area is 213 Å². The Morgan fingerprint density at radius 1 is 1.08 bits per heavy atom. The number of hydrogen-bond donors (Lipinski definition) is 0. The number of amides is 1. The Bertz CT molecular complexity index is 1110. The number of rotatable bonds is 11. The van der Waals surface area contributed by atoms with Crippen molar-refractivity contribution in [3.8, 4) is 0 Å². The average molecular weight is 540 g/mol. The quantitative estimate of drug-likeness (QED) is 0.233. The van der Waals surface area contributed by atoms with Gasteiger partial charge in [0.2, 0.25) is 0 Å². The Kier molecular flexibility index (Phi) is 10.4. The maximum atomic E-state index is 13.0. The first-order valence-corrected chi connectivity index (χ1v) is 14.3. The van der Waals surface area contributed by atoms with Crippen LogP contribution in [0, 0.1) is 6.92 Å². The molecule has 0 bridgehead atoms. The molecule has 196 valence electrons. The molecule has 1 amide bonds. The molecular formula is C24H32N2O8PS+. The van der Waals surface area contributed by atoms with Crippen molar-refractivity contribution in [2.75, 3.05) is 26.3 Å². The fraction of sp³-hybridized carbons (Fsp3) is 0.458. The molecular weight excluding hydrogens is 507 g/mol. The van der Waals surface area contributed by atoms with Crippen LogP contribution in [0.4, 0.5) is 4.79 Å². The second kappa shape index (κ2) is 13.2. The van der Waals surface area contributed by atoms with Gasteiger partial charge in [-0.3, -0.25) is 9.02 Å². The predicted molar refractivity (Wildman–Crippen MR) is 133 cm³/mol. The summed E-state index contributed by atoms with van der Waals surface area (Å²) in [6, 6.07) is 14.7. The van der Waals surface area contributed by atoms with Crippen LogP contribution in [0.5, 0.6) is 0 Å². The number of benzene rings is 2. The summed E-state index contributed by atoms with van der Waals surface area (Å²) in [5.41, 5.74) is 1.74. The van der Waals surface area contributed by atoms with E-state index < -0.39 is 36.5 Å². The fourth-order valence-corrected chi connectivity index (χ4v) is 5.84. The molecule has 0 N–H and O–H groups in total. The SMILES string of the molecule is CCON(C1CN(C(=O)OCc2ccccc2)CCC1OS(=O)(=O)c1ccc(C)cc1)[P+](=O)OCC.